The molecule has 0 N–H and O–H groups in total. The lowest BCUT2D eigenvalue weighted by atomic mass is 10.1. The van der Waals surface area contributed by atoms with E-state index in [0.29, 0.717) is 5.52 Å². The van der Waals surface area contributed by atoms with Crippen molar-refractivity contribution in [1.29, 1.82) is 0 Å². The molecule has 0 unspecified atom stereocenters. The Kier molecular flexibility index (Phi) is 3.08. The second-order valence-electron chi connectivity index (χ2n) is 5.10. The van der Waals surface area contributed by atoms with Gasteiger partial charge >= 0.3 is 0 Å². The van der Waals surface area contributed by atoms with E-state index in [2.05, 4.69) is 10.1 Å². The first-order valence-electron chi connectivity index (χ1n) is 6.64. The van der Waals surface area contributed by atoms with E-state index in [9.17, 15) is 9.18 Å². The summed E-state index contributed by atoms with van der Waals surface area (Å²) in [5.41, 5.74) is 2.16. The third kappa shape index (κ3) is 2.12. The summed E-state index contributed by atoms with van der Waals surface area (Å²) in [6.45, 7) is 3.84. The van der Waals surface area contributed by atoms with Crippen LogP contribution in [0.25, 0.3) is 10.9 Å². The fourth-order valence-electron chi connectivity index (χ4n) is 2.46. The molecule has 0 aliphatic rings. The fourth-order valence-corrected chi connectivity index (χ4v) is 2.46. The van der Waals surface area contributed by atoms with E-state index in [1.54, 1.807) is 10.9 Å². The average molecular weight is 286 g/mol. The van der Waals surface area contributed by atoms with Crippen LogP contribution < -0.4 is 5.56 Å². The van der Waals surface area contributed by atoms with Gasteiger partial charge in [-0.05, 0) is 32.0 Å². The molecule has 0 radical (unpaired) electrons. The SMILES string of the molecule is Cc1c([C@@H](C)n2cnc3ccc(F)cc3c2=O)cnn1C. The van der Waals surface area contributed by atoms with Crippen molar-refractivity contribution in [1.82, 2.24) is 19.3 Å². The summed E-state index contributed by atoms with van der Waals surface area (Å²) in [7, 11) is 1.85. The van der Waals surface area contributed by atoms with Gasteiger partial charge in [-0.1, -0.05) is 0 Å². The normalized spacial score (nSPS) is 12.8. The molecule has 0 aliphatic heterocycles. The van der Waals surface area contributed by atoms with Crippen LogP contribution in [0.15, 0.2) is 35.5 Å². The van der Waals surface area contributed by atoms with Crippen LogP contribution in [0.3, 0.4) is 0 Å². The molecule has 1 atom stereocenters. The molecule has 2 aromatic heterocycles. The van der Waals surface area contributed by atoms with Crippen molar-refractivity contribution in [2.24, 2.45) is 7.05 Å². The summed E-state index contributed by atoms with van der Waals surface area (Å²) in [4.78, 5) is 16.8. The van der Waals surface area contributed by atoms with E-state index in [-0.39, 0.29) is 17.0 Å². The molecule has 0 amide bonds. The molecule has 0 spiro atoms. The van der Waals surface area contributed by atoms with Gasteiger partial charge in [-0.15, -0.1) is 0 Å². The lowest BCUT2D eigenvalue weighted by molar-refractivity contribution is 0.601. The maximum atomic E-state index is 13.4. The van der Waals surface area contributed by atoms with Crippen LogP contribution in [0.5, 0.6) is 0 Å². The molecule has 3 rings (SSSR count). The molecule has 0 fully saturated rings. The molecule has 0 saturated heterocycles. The minimum atomic E-state index is -0.440. The van der Waals surface area contributed by atoms with Crippen LogP contribution in [-0.4, -0.2) is 19.3 Å². The Morgan fingerprint density at radius 2 is 2.10 bits per heavy atom. The number of fused-ring (bicyclic) bond motifs is 1. The van der Waals surface area contributed by atoms with Crippen LogP contribution in [0.2, 0.25) is 0 Å². The minimum Gasteiger partial charge on any atom is -0.291 e. The topological polar surface area (TPSA) is 52.7 Å². The van der Waals surface area contributed by atoms with E-state index < -0.39 is 5.82 Å². The summed E-state index contributed by atoms with van der Waals surface area (Å²) < 4.78 is 16.6. The predicted octanol–water partition coefficient (Wildman–Crippen LogP) is 2.19. The summed E-state index contributed by atoms with van der Waals surface area (Å²) in [5, 5.41) is 4.47. The first-order valence-corrected chi connectivity index (χ1v) is 6.64. The second kappa shape index (κ2) is 4.80. The van der Waals surface area contributed by atoms with Gasteiger partial charge in [-0.25, -0.2) is 9.37 Å². The number of rotatable bonds is 2. The highest BCUT2D eigenvalue weighted by Gasteiger charge is 2.16. The van der Waals surface area contributed by atoms with E-state index >= 15 is 0 Å². The maximum absolute atomic E-state index is 13.4. The number of aryl methyl sites for hydroxylation is 1. The zero-order valence-corrected chi connectivity index (χ0v) is 12.0. The Morgan fingerprint density at radius 1 is 1.33 bits per heavy atom. The van der Waals surface area contributed by atoms with Gasteiger partial charge in [0.15, 0.2) is 0 Å². The minimum absolute atomic E-state index is 0.216. The highest BCUT2D eigenvalue weighted by molar-refractivity contribution is 5.77. The van der Waals surface area contributed by atoms with Gasteiger partial charge in [0.1, 0.15) is 5.82 Å². The third-order valence-electron chi connectivity index (χ3n) is 3.89. The average Bonchev–Trinajstić information content (AvgIpc) is 2.79. The summed E-state index contributed by atoms with van der Waals surface area (Å²) in [5.74, 6) is -0.440. The van der Waals surface area contributed by atoms with Crippen LogP contribution in [0, 0.1) is 12.7 Å². The highest BCUT2D eigenvalue weighted by atomic mass is 19.1. The van der Waals surface area contributed by atoms with Crippen molar-refractivity contribution >= 4 is 10.9 Å². The third-order valence-corrected chi connectivity index (χ3v) is 3.89. The number of halogens is 1. The number of hydrogen-bond donors (Lipinski definition) is 0. The van der Waals surface area contributed by atoms with Crippen LogP contribution >= 0.6 is 0 Å². The van der Waals surface area contributed by atoms with Crippen molar-refractivity contribution in [3.05, 3.63) is 58.2 Å². The van der Waals surface area contributed by atoms with E-state index in [1.807, 2.05) is 20.9 Å². The standard InChI is InChI=1S/C15H15FN4O/c1-9-13(7-18-19(9)3)10(2)20-8-17-14-5-4-11(16)6-12(14)15(20)21/h4-8,10H,1-3H3/t10-/m1/s1. The predicted molar refractivity (Wildman–Crippen MR) is 77.7 cm³/mol. The monoisotopic (exact) mass is 286 g/mol. The zero-order chi connectivity index (χ0) is 15.1. The largest absolute Gasteiger partial charge is 0.291 e. The highest BCUT2D eigenvalue weighted by Crippen LogP contribution is 2.20. The molecule has 2 heterocycles. The summed E-state index contributed by atoms with van der Waals surface area (Å²) >= 11 is 0. The molecule has 6 heteroatoms. The van der Waals surface area contributed by atoms with Crippen molar-refractivity contribution in [3.8, 4) is 0 Å². The van der Waals surface area contributed by atoms with Crippen molar-refractivity contribution in [2.45, 2.75) is 19.9 Å². The van der Waals surface area contributed by atoms with Gasteiger partial charge in [-0.2, -0.15) is 5.10 Å². The first-order chi connectivity index (χ1) is 9.99. The quantitative estimate of drug-likeness (QED) is 0.725. The van der Waals surface area contributed by atoms with Gasteiger partial charge in [0.25, 0.3) is 5.56 Å². The molecule has 0 aliphatic carbocycles. The fraction of sp³-hybridized carbons (Fsp3) is 0.267. The van der Waals surface area contributed by atoms with Crippen LogP contribution in [-0.2, 0) is 7.05 Å². The zero-order valence-electron chi connectivity index (χ0n) is 12.0. The van der Waals surface area contributed by atoms with Gasteiger partial charge < -0.3 is 0 Å². The lowest BCUT2D eigenvalue weighted by Crippen LogP contribution is -2.24. The molecule has 1 aromatic carbocycles. The Hall–Kier alpha value is -2.50. The molecule has 3 aromatic rings. The molecular formula is C15H15FN4O. The van der Waals surface area contributed by atoms with Gasteiger partial charge in [-0.3, -0.25) is 14.0 Å². The molecule has 0 bridgehead atoms. The van der Waals surface area contributed by atoms with Gasteiger partial charge in [0, 0.05) is 18.3 Å². The molecule has 5 nitrogen and oxygen atoms in total. The lowest BCUT2D eigenvalue weighted by Gasteiger charge is -2.15. The van der Waals surface area contributed by atoms with Crippen molar-refractivity contribution in [2.75, 3.05) is 0 Å². The molecule has 0 saturated carbocycles. The molecule has 108 valence electrons. The smallest absolute Gasteiger partial charge is 0.261 e. The molecular weight excluding hydrogens is 271 g/mol. The first kappa shape index (κ1) is 13.5. The Balaban J connectivity index is 2.19. The number of benzene rings is 1. The Labute approximate surface area is 120 Å². The summed E-state index contributed by atoms with van der Waals surface area (Å²) in [6.07, 6.45) is 3.24. The van der Waals surface area contributed by atoms with Crippen molar-refractivity contribution < 1.29 is 4.39 Å². The van der Waals surface area contributed by atoms with Crippen LogP contribution in [0.4, 0.5) is 4.39 Å². The summed E-state index contributed by atoms with van der Waals surface area (Å²) in [6, 6.07) is 3.82. The number of hydrogen-bond acceptors (Lipinski definition) is 3. The number of aromatic nitrogens is 4. The van der Waals surface area contributed by atoms with E-state index in [1.165, 1.54) is 29.1 Å². The van der Waals surface area contributed by atoms with E-state index in [4.69, 9.17) is 0 Å². The maximum Gasteiger partial charge on any atom is 0.261 e. The van der Waals surface area contributed by atoms with Gasteiger partial charge in [0.2, 0.25) is 0 Å². The van der Waals surface area contributed by atoms with Crippen molar-refractivity contribution in [3.63, 3.8) is 0 Å². The Morgan fingerprint density at radius 3 is 2.76 bits per heavy atom. The second-order valence-corrected chi connectivity index (χ2v) is 5.10. The Bertz CT molecular complexity index is 881. The van der Waals surface area contributed by atoms with E-state index in [0.717, 1.165) is 11.3 Å². The number of nitrogens with zero attached hydrogens (tertiary/aromatic N) is 4. The van der Waals surface area contributed by atoms with Crippen LogP contribution in [0.1, 0.15) is 24.2 Å². The molecule has 21 heavy (non-hydrogen) atoms. The van der Waals surface area contributed by atoms with Gasteiger partial charge in [0.05, 0.1) is 29.5 Å².